The molecule has 0 unspecified atom stereocenters. The number of imide groups is 1. The predicted molar refractivity (Wildman–Crippen MR) is 85.2 cm³/mol. The van der Waals surface area contributed by atoms with Crippen LogP contribution in [0, 0.1) is 0 Å². The second-order valence-electron chi connectivity index (χ2n) is 5.10. The highest BCUT2D eigenvalue weighted by Gasteiger charge is 2.41. The summed E-state index contributed by atoms with van der Waals surface area (Å²) in [6, 6.07) is 0.595. The van der Waals surface area contributed by atoms with Crippen molar-refractivity contribution in [1.29, 1.82) is 0 Å². The third kappa shape index (κ3) is 4.25. The van der Waals surface area contributed by atoms with Gasteiger partial charge in [-0.1, -0.05) is 0 Å². The lowest BCUT2D eigenvalue weighted by molar-refractivity contribution is -0.137. The van der Waals surface area contributed by atoms with Gasteiger partial charge in [-0.05, 0) is 41.0 Å². The van der Waals surface area contributed by atoms with Gasteiger partial charge in [0.2, 0.25) is 0 Å². The van der Waals surface area contributed by atoms with Crippen molar-refractivity contribution in [3.8, 4) is 0 Å². The Hall–Kier alpha value is -1.02. The van der Waals surface area contributed by atoms with E-state index in [-0.39, 0.29) is 11.8 Å². The van der Waals surface area contributed by atoms with Crippen LogP contribution in [-0.4, -0.2) is 51.9 Å². The van der Waals surface area contributed by atoms with Gasteiger partial charge < -0.3 is 13.3 Å². The number of carbonyl (C=O) groups is 2. The largest absolute Gasteiger partial charge is 0.500 e. The lowest BCUT2D eigenvalue weighted by Crippen LogP contribution is -2.46. The molecule has 0 aromatic rings. The molecule has 0 saturated heterocycles. The molecule has 1 aliphatic rings. The fourth-order valence-electron chi connectivity index (χ4n) is 2.48. The lowest BCUT2D eigenvalue weighted by Gasteiger charge is -2.29. The highest BCUT2D eigenvalue weighted by molar-refractivity contribution is 6.60. The van der Waals surface area contributed by atoms with Crippen molar-refractivity contribution in [2.45, 2.75) is 47.1 Å². The summed E-state index contributed by atoms with van der Waals surface area (Å²) in [5, 5.41) is 0. The molecule has 0 atom stereocenters. The fourth-order valence-corrected chi connectivity index (χ4v) is 5.07. The maximum atomic E-state index is 12.0. The first kappa shape index (κ1) is 19.0. The van der Waals surface area contributed by atoms with E-state index in [9.17, 15) is 9.59 Å². The van der Waals surface area contributed by atoms with Gasteiger partial charge >= 0.3 is 8.80 Å². The average Bonchev–Trinajstić information content (AvgIpc) is 2.66. The minimum atomic E-state index is -2.71. The molecule has 126 valence electrons. The summed E-state index contributed by atoms with van der Waals surface area (Å²) < 4.78 is 17.3. The van der Waals surface area contributed by atoms with Gasteiger partial charge in [0.05, 0.1) is 0 Å². The van der Waals surface area contributed by atoms with Crippen LogP contribution in [0.4, 0.5) is 0 Å². The van der Waals surface area contributed by atoms with Crippen molar-refractivity contribution >= 4 is 20.6 Å². The zero-order valence-electron chi connectivity index (χ0n) is 14.2. The van der Waals surface area contributed by atoms with Crippen molar-refractivity contribution in [3.05, 3.63) is 11.1 Å². The average molecular weight is 329 g/mol. The minimum absolute atomic E-state index is 0.195. The molecule has 0 aromatic carbocycles. The Morgan fingerprint density at radius 1 is 0.864 bits per heavy atom. The standard InChI is InChI=1S/C15H27NO5Si/c1-6-19-22(20-7-2,21-8-3)11-9-10-16-14(17)12(4)13(5)15(16)18/h6-11H2,1-5H3. The zero-order valence-corrected chi connectivity index (χ0v) is 15.2. The SMILES string of the molecule is CCO[Si](CCCN1C(=O)C(C)=C(C)C1=O)(OCC)OCC. The molecule has 0 fully saturated rings. The molecule has 1 rings (SSSR count). The van der Waals surface area contributed by atoms with Crippen molar-refractivity contribution in [1.82, 2.24) is 4.90 Å². The molecule has 0 radical (unpaired) electrons. The second kappa shape index (κ2) is 8.57. The van der Waals surface area contributed by atoms with E-state index in [1.54, 1.807) is 13.8 Å². The Balaban J connectivity index is 2.63. The maximum Gasteiger partial charge on any atom is 0.500 e. The third-order valence-corrected chi connectivity index (χ3v) is 6.80. The molecule has 0 aromatic heterocycles. The van der Waals surface area contributed by atoms with Crippen LogP contribution in [0.25, 0.3) is 0 Å². The zero-order chi connectivity index (χ0) is 16.8. The second-order valence-corrected chi connectivity index (χ2v) is 7.83. The van der Waals surface area contributed by atoms with Crippen LogP contribution in [0.15, 0.2) is 11.1 Å². The molecule has 1 heterocycles. The molecular formula is C15H27NO5Si. The number of carbonyl (C=O) groups excluding carboxylic acids is 2. The predicted octanol–water partition coefficient (Wildman–Crippen LogP) is 2.13. The van der Waals surface area contributed by atoms with Crippen molar-refractivity contribution < 1.29 is 22.9 Å². The molecule has 2 amide bonds. The Labute approximate surface area is 133 Å². The summed E-state index contributed by atoms with van der Waals surface area (Å²) >= 11 is 0. The molecule has 1 aliphatic heterocycles. The van der Waals surface area contributed by atoms with Gasteiger partial charge in [-0.2, -0.15) is 0 Å². The van der Waals surface area contributed by atoms with E-state index >= 15 is 0 Å². The van der Waals surface area contributed by atoms with Gasteiger partial charge in [-0.25, -0.2) is 0 Å². The smallest absolute Gasteiger partial charge is 0.374 e. The summed E-state index contributed by atoms with van der Waals surface area (Å²) in [6.45, 7) is 11.0. The molecule has 0 bridgehead atoms. The van der Waals surface area contributed by atoms with Gasteiger partial charge in [0.25, 0.3) is 11.8 Å². The van der Waals surface area contributed by atoms with Crippen LogP contribution < -0.4 is 0 Å². The van der Waals surface area contributed by atoms with Crippen molar-refractivity contribution in [2.75, 3.05) is 26.4 Å². The van der Waals surface area contributed by atoms with E-state index < -0.39 is 8.80 Å². The van der Waals surface area contributed by atoms with Crippen LogP contribution in [0.3, 0.4) is 0 Å². The van der Waals surface area contributed by atoms with Crippen LogP contribution in [-0.2, 0) is 22.9 Å². The highest BCUT2D eigenvalue weighted by Crippen LogP contribution is 2.23. The summed E-state index contributed by atoms with van der Waals surface area (Å²) in [6.07, 6.45) is 0.615. The van der Waals surface area contributed by atoms with Gasteiger partial charge in [0.1, 0.15) is 0 Å². The molecule has 6 nitrogen and oxygen atoms in total. The molecule has 0 spiro atoms. The number of hydrogen-bond donors (Lipinski definition) is 0. The summed E-state index contributed by atoms with van der Waals surface area (Å²) in [4.78, 5) is 25.3. The Bertz CT molecular complexity index is 408. The van der Waals surface area contributed by atoms with E-state index in [0.29, 0.717) is 50.0 Å². The van der Waals surface area contributed by atoms with E-state index in [4.69, 9.17) is 13.3 Å². The van der Waals surface area contributed by atoms with Crippen LogP contribution in [0.2, 0.25) is 6.04 Å². The summed E-state index contributed by atoms with van der Waals surface area (Å²) in [5.41, 5.74) is 1.07. The highest BCUT2D eigenvalue weighted by atomic mass is 28.4. The van der Waals surface area contributed by atoms with E-state index in [1.807, 2.05) is 20.8 Å². The molecule has 22 heavy (non-hydrogen) atoms. The minimum Gasteiger partial charge on any atom is -0.374 e. The van der Waals surface area contributed by atoms with E-state index in [0.717, 1.165) is 0 Å². The Morgan fingerprint density at radius 3 is 1.64 bits per heavy atom. The maximum absolute atomic E-state index is 12.0. The van der Waals surface area contributed by atoms with Gasteiger partial charge in [0.15, 0.2) is 0 Å². The molecule has 0 saturated carbocycles. The van der Waals surface area contributed by atoms with Crippen LogP contribution in [0.1, 0.15) is 41.0 Å². The molecular weight excluding hydrogens is 302 g/mol. The Kier molecular flexibility index (Phi) is 7.41. The lowest BCUT2D eigenvalue weighted by atomic mass is 10.2. The quantitative estimate of drug-likeness (QED) is 0.454. The topological polar surface area (TPSA) is 65.1 Å². The Morgan fingerprint density at radius 2 is 1.27 bits per heavy atom. The van der Waals surface area contributed by atoms with Gasteiger partial charge in [-0.3, -0.25) is 14.5 Å². The molecule has 0 aliphatic carbocycles. The monoisotopic (exact) mass is 329 g/mol. The number of hydrogen-bond acceptors (Lipinski definition) is 5. The first-order valence-electron chi connectivity index (χ1n) is 7.87. The van der Waals surface area contributed by atoms with Gasteiger partial charge in [0, 0.05) is 43.6 Å². The first-order chi connectivity index (χ1) is 10.4. The van der Waals surface area contributed by atoms with Crippen molar-refractivity contribution in [3.63, 3.8) is 0 Å². The molecule has 0 N–H and O–H groups in total. The van der Waals surface area contributed by atoms with E-state index in [2.05, 4.69) is 0 Å². The first-order valence-corrected chi connectivity index (χ1v) is 9.81. The summed E-state index contributed by atoms with van der Waals surface area (Å²) in [7, 11) is -2.71. The van der Waals surface area contributed by atoms with Gasteiger partial charge in [-0.15, -0.1) is 0 Å². The van der Waals surface area contributed by atoms with Crippen LogP contribution >= 0.6 is 0 Å². The van der Waals surface area contributed by atoms with E-state index in [1.165, 1.54) is 4.90 Å². The summed E-state index contributed by atoms with van der Waals surface area (Å²) in [5.74, 6) is -0.391. The third-order valence-electron chi connectivity index (χ3n) is 3.65. The normalized spacial score (nSPS) is 16.1. The number of amides is 2. The number of rotatable bonds is 10. The van der Waals surface area contributed by atoms with Crippen molar-refractivity contribution in [2.24, 2.45) is 0 Å². The molecule has 7 heteroatoms. The fraction of sp³-hybridized carbons (Fsp3) is 0.733. The van der Waals surface area contributed by atoms with Crippen LogP contribution in [0.5, 0.6) is 0 Å². The number of nitrogens with zero attached hydrogens (tertiary/aromatic N) is 1.